The molecule has 0 saturated heterocycles. The second kappa shape index (κ2) is 7.49. The number of carbonyl (C=O) groups excluding carboxylic acids is 2. The Kier molecular flexibility index (Phi) is 5.62. The summed E-state index contributed by atoms with van der Waals surface area (Å²) in [6.45, 7) is 7.07. The monoisotopic (exact) mass is 332 g/mol. The van der Waals surface area contributed by atoms with E-state index >= 15 is 0 Å². The maximum Gasteiger partial charge on any atom is 0.290 e. The number of ketones is 1. The fourth-order valence-corrected chi connectivity index (χ4v) is 3.15. The zero-order valence-corrected chi connectivity index (χ0v) is 14.3. The second-order valence-electron chi connectivity index (χ2n) is 5.71. The lowest BCUT2D eigenvalue weighted by atomic mass is 9.96. The zero-order chi connectivity index (χ0) is 17.9. The summed E-state index contributed by atoms with van der Waals surface area (Å²) in [5, 5.41) is 19.3. The third kappa shape index (κ3) is 3.14. The van der Waals surface area contributed by atoms with Crippen molar-refractivity contribution < 1.29 is 19.8 Å². The Bertz CT molecular complexity index is 647. The molecule has 0 radical (unpaired) electrons. The minimum absolute atomic E-state index is 0.0577. The summed E-state index contributed by atoms with van der Waals surface area (Å²) in [4.78, 5) is 27.7. The number of hydrogen-bond donors (Lipinski definition) is 2. The van der Waals surface area contributed by atoms with Crippen molar-refractivity contribution in [2.75, 3.05) is 31.1 Å². The lowest BCUT2D eigenvalue weighted by Crippen LogP contribution is -2.33. The number of nitrogens with zero attached hydrogens (tertiary/aromatic N) is 2. The first-order chi connectivity index (χ1) is 11.5. The van der Waals surface area contributed by atoms with Crippen LogP contribution in [0.1, 0.15) is 32.4 Å². The molecule has 6 nitrogen and oxygen atoms in total. The van der Waals surface area contributed by atoms with Crippen molar-refractivity contribution in [3.8, 4) is 0 Å². The fourth-order valence-electron chi connectivity index (χ4n) is 3.15. The maximum atomic E-state index is 12.2. The molecule has 1 aliphatic heterocycles. The van der Waals surface area contributed by atoms with E-state index in [0.29, 0.717) is 0 Å². The van der Waals surface area contributed by atoms with E-state index in [4.69, 9.17) is 0 Å². The van der Waals surface area contributed by atoms with Gasteiger partial charge in [0, 0.05) is 25.3 Å². The van der Waals surface area contributed by atoms with Crippen molar-refractivity contribution >= 4 is 17.4 Å². The van der Waals surface area contributed by atoms with Crippen LogP contribution in [0.5, 0.6) is 0 Å². The molecule has 1 heterocycles. The number of carbonyl (C=O) groups is 2. The van der Waals surface area contributed by atoms with Gasteiger partial charge in [-0.1, -0.05) is 12.1 Å². The van der Waals surface area contributed by atoms with Gasteiger partial charge in [-0.2, -0.15) is 0 Å². The van der Waals surface area contributed by atoms with Crippen LogP contribution in [0, 0.1) is 0 Å². The van der Waals surface area contributed by atoms with Gasteiger partial charge in [0.05, 0.1) is 18.2 Å². The van der Waals surface area contributed by atoms with Crippen LogP contribution >= 0.6 is 0 Å². The van der Waals surface area contributed by atoms with Crippen molar-refractivity contribution in [1.29, 1.82) is 0 Å². The molecule has 0 spiro atoms. The van der Waals surface area contributed by atoms with Gasteiger partial charge in [0.15, 0.2) is 11.5 Å². The number of benzene rings is 1. The first-order valence-electron chi connectivity index (χ1n) is 8.17. The molecule has 0 aromatic heterocycles. The van der Waals surface area contributed by atoms with Crippen molar-refractivity contribution in [3.05, 3.63) is 41.2 Å². The van der Waals surface area contributed by atoms with Gasteiger partial charge in [-0.05, 0) is 38.5 Å². The van der Waals surface area contributed by atoms with Gasteiger partial charge < -0.3 is 20.0 Å². The number of amides is 1. The average molecular weight is 332 g/mol. The molecule has 0 fully saturated rings. The Morgan fingerprint density at radius 2 is 1.79 bits per heavy atom. The summed E-state index contributed by atoms with van der Waals surface area (Å²) < 4.78 is 0. The topological polar surface area (TPSA) is 81.1 Å². The molecule has 24 heavy (non-hydrogen) atoms. The van der Waals surface area contributed by atoms with Crippen LogP contribution in [0.2, 0.25) is 0 Å². The molecule has 1 aromatic rings. The Balaban J connectivity index is 2.42. The van der Waals surface area contributed by atoms with Crippen LogP contribution in [0.15, 0.2) is 35.6 Å². The Labute approximate surface area is 142 Å². The van der Waals surface area contributed by atoms with Gasteiger partial charge in [-0.25, -0.2) is 0 Å². The molecule has 6 heteroatoms. The van der Waals surface area contributed by atoms with Crippen LogP contribution in [-0.2, 0) is 9.59 Å². The summed E-state index contributed by atoms with van der Waals surface area (Å²) in [5.74, 6) is -1.49. The number of hydrogen-bond acceptors (Lipinski definition) is 5. The van der Waals surface area contributed by atoms with Crippen LogP contribution in [-0.4, -0.2) is 53.0 Å². The van der Waals surface area contributed by atoms with Gasteiger partial charge in [0.2, 0.25) is 0 Å². The highest BCUT2D eigenvalue weighted by Gasteiger charge is 2.41. The minimum Gasteiger partial charge on any atom is -0.503 e. The molecule has 1 atom stereocenters. The fraction of sp³-hybridized carbons (Fsp3) is 0.444. The van der Waals surface area contributed by atoms with Gasteiger partial charge >= 0.3 is 0 Å². The summed E-state index contributed by atoms with van der Waals surface area (Å²) in [6, 6.07) is 6.94. The average Bonchev–Trinajstić information content (AvgIpc) is 2.82. The molecule has 1 aliphatic rings. The molecule has 130 valence electrons. The number of aliphatic hydroxyl groups excluding tert-OH is 2. The van der Waals surface area contributed by atoms with E-state index in [9.17, 15) is 19.8 Å². The smallest absolute Gasteiger partial charge is 0.290 e. The molecular weight excluding hydrogens is 308 g/mol. The lowest BCUT2D eigenvalue weighted by molar-refractivity contribution is -0.129. The van der Waals surface area contributed by atoms with E-state index < -0.39 is 17.7 Å². The molecule has 1 amide bonds. The first kappa shape index (κ1) is 18.0. The highest BCUT2D eigenvalue weighted by Crippen LogP contribution is 2.37. The van der Waals surface area contributed by atoms with Gasteiger partial charge in [-0.3, -0.25) is 9.59 Å². The van der Waals surface area contributed by atoms with E-state index in [1.807, 2.05) is 24.3 Å². The predicted octanol–water partition coefficient (Wildman–Crippen LogP) is 1.81. The Hall–Kier alpha value is -2.34. The first-order valence-corrected chi connectivity index (χ1v) is 8.17. The number of β-amino-alcohol motifs (C(OH)–C–C–N with tert-alkyl or cyclic N) is 1. The third-order valence-corrected chi connectivity index (χ3v) is 4.36. The highest BCUT2D eigenvalue weighted by molar-refractivity contribution is 6.08. The van der Waals surface area contributed by atoms with Gasteiger partial charge in [-0.15, -0.1) is 0 Å². The lowest BCUT2D eigenvalue weighted by Gasteiger charge is -2.27. The van der Waals surface area contributed by atoms with Crippen molar-refractivity contribution in [2.24, 2.45) is 0 Å². The highest BCUT2D eigenvalue weighted by atomic mass is 16.3. The predicted molar refractivity (Wildman–Crippen MR) is 91.9 cm³/mol. The van der Waals surface area contributed by atoms with Gasteiger partial charge in [0.25, 0.3) is 5.91 Å². The number of anilines is 1. The van der Waals surface area contributed by atoms with Crippen LogP contribution in [0.3, 0.4) is 0 Å². The van der Waals surface area contributed by atoms with Gasteiger partial charge in [0.1, 0.15) is 0 Å². The molecule has 2 N–H and O–H groups in total. The summed E-state index contributed by atoms with van der Waals surface area (Å²) >= 11 is 0. The Morgan fingerprint density at radius 3 is 2.25 bits per heavy atom. The quantitative estimate of drug-likeness (QED) is 0.796. The molecular formula is C18H24N2O4. The number of aliphatic hydroxyl groups is 2. The minimum atomic E-state index is -0.659. The summed E-state index contributed by atoms with van der Waals surface area (Å²) in [5.41, 5.74) is 1.88. The van der Waals surface area contributed by atoms with Crippen LogP contribution in [0.25, 0.3) is 0 Å². The largest absolute Gasteiger partial charge is 0.503 e. The van der Waals surface area contributed by atoms with Crippen LogP contribution < -0.4 is 4.90 Å². The molecule has 1 aromatic carbocycles. The number of Topliss-reactive ketones (excluding diaryl/α,β-unsaturated/α-hetero) is 1. The molecule has 1 unspecified atom stereocenters. The van der Waals surface area contributed by atoms with Crippen molar-refractivity contribution in [1.82, 2.24) is 4.90 Å². The van der Waals surface area contributed by atoms with Crippen molar-refractivity contribution in [3.63, 3.8) is 0 Å². The normalized spacial score (nSPS) is 17.6. The number of rotatable bonds is 7. The van der Waals surface area contributed by atoms with Crippen molar-refractivity contribution in [2.45, 2.75) is 26.8 Å². The van der Waals surface area contributed by atoms with Crippen LogP contribution in [0.4, 0.5) is 5.69 Å². The summed E-state index contributed by atoms with van der Waals surface area (Å²) in [6.07, 6.45) is 0. The molecule has 2 rings (SSSR count). The second-order valence-corrected chi connectivity index (χ2v) is 5.71. The zero-order valence-electron chi connectivity index (χ0n) is 14.3. The van der Waals surface area contributed by atoms with E-state index in [0.717, 1.165) is 24.3 Å². The summed E-state index contributed by atoms with van der Waals surface area (Å²) in [7, 11) is 0. The maximum absolute atomic E-state index is 12.2. The standard InChI is InChI=1S/C18H24N2O4/c1-4-19(5-2)14-8-6-13(7-9-14)16-15(12(3)22)17(23)18(24)20(16)10-11-21/h6-9,16,21,23H,4-5,10-11H2,1-3H3. The molecule has 0 saturated carbocycles. The SMILES string of the molecule is CCN(CC)c1ccc(C2C(C(C)=O)=C(O)C(=O)N2CCO)cc1. The molecule has 0 bridgehead atoms. The third-order valence-electron chi connectivity index (χ3n) is 4.36. The van der Waals surface area contributed by atoms with E-state index in [1.165, 1.54) is 11.8 Å². The van der Waals surface area contributed by atoms with E-state index in [1.54, 1.807) is 0 Å². The molecule has 0 aliphatic carbocycles. The van der Waals surface area contributed by atoms with E-state index in [-0.39, 0.29) is 24.5 Å². The Morgan fingerprint density at radius 1 is 1.21 bits per heavy atom. The van der Waals surface area contributed by atoms with E-state index in [2.05, 4.69) is 18.7 Å².